The summed E-state index contributed by atoms with van der Waals surface area (Å²) in [4.78, 5) is 4.42. The van der Waals surface area contributed by atoms with Crippen LogP contribution in [0.15, 0.2) is 47.2 Å². The number of aromatic nitrogens is 2. The molecule has 0 saturated heterocycles. The van der Waals surface area contributed by atoms with Gasteiger partial charge in [-0.3, -0.25) is 4.57 Å². The molecule has 0 aliphatic carbocycles. The summed E-state index contributed by atoms with van der Waals surface area (Å²) < 4.78 is 8.42. The molecule has 0 bridgehead atoms. The molecule has 4 heteroatoms. The summed E-state index contributed by atoms with van der Waals surface area (Å²) in [5.41, 5.74) is 4.26. The van der Waals surface area contributed by atoms with Crippen LogP contribution in [0.3, 0.4) is 0 Å². The average Bonchev–Trinajstić information content (AvgIpc) is 2.81. The molecule has 0 radical (unpaired) electrons. The molecule has 0 unspecified atom stereocenters. The van der Waals surface area contributed by atoms with Crippen molar-refractivity contribution in [3.05, 3.63) is 52.8 Å². The van der Waals surface area contributed by atoms with E-state index in [4.69, 9.17) is 4.74 Å². The molecule has 0 saturated carbocycles. The predicted octanol–water partition coefficient (Wildman–Crippen LogP) is 4.11. The smallest absolute Gasteiger partial charge is 0.121 e. The van der Waals surface area contributed by atoms with E-state index in [0.717, 1.165) is 32.5 Å². The number of methoxy groups -OCH3 is 1. The van der Waals surface area contributed by atoms with Gasteiger partial charge in [0, 0.05) is 10.2 Å². The van der Waals surface area contributed by atoms with Crippen LogP contribution >= 0.6 is 15.9 Å². The van der Waals surface area contributed by atoms with E-state index in [1.807, 2.05) is 37.5 Å². The largest absolute Gasteiger partial charge is 0.496 e. The summed E-state index contributed by atoms with van der Waals surface area (Å²) >= 11 is 3.50. The fraction of sp³-hybridized carbons (Fsp3) is 0.133. The monoisotopic (exact) mass is 316 g/mol. The third-order valence-corrected chi connectivity index (χ3v) is 3.66. The topological polar surface area (TPSA) is 27.1 Å². The van der Waals surface area contributed by atoms with Crippen LogP contribution in [-0.2, 0) is 0 Å². The summed E-state index contributed by atoms with van der Waals surface area (Å²) in [6.07, 6.45) is 1.85. The van der Waals surface area contributed by atoms with Crippen LogP contribution in [0.25, 0.3) is 16.7 Å². The molecule has 0 amide bonds. The quantitative estimate of drug-likeness (QED) is 0.711. The Balaban J connectivity index is 2.18. The van der Waals surface area contributed by atoms with Crippen molar-refractivity contribution in [2.24, 2.45) is 0 Å². The van der Waals surface area contributed by atoms with E-state index in [0.29, 0.717) is 0 Å². The molecule has 0 atom stereocenters. The van der Waals surface area contributed by atoms with Crippen molar-refractivity contribution in [3.63, 3.8) is 0 Å². The summed E-state index contributed by atoms with van der Waals surface area (Å²) in [6.45, 7) is 2.04. The zero-order chi connectivity index (χ0) is 13.4. The first kappa shape index (κ1) is 12.2. The number of halogens is 1. The second-order valence-electron chi connectivity index (χ2n) is 4.40. The maximum atomic E-state index is 5.29. The first-order valence-electron chi connectivity index (χ1n) is 5.96. The van der Waals surface area contributed by atoms with Gasteiger partial charge in [0.15, 0.2) is 0 Å². The summed E-state index contributed by atoms with van der Waals surface area (Å²) in [7, 11) is 1.69. The highest BCUT2D eigenvalue weighted by Crippen LogP contribution is 2.25. The van der Waals surface area contributed by atoms with Crippen LogP contribution in [0, 0.1) is 6.92 Å². The van der Waals surface area contributed by atoms with E-state index in [2.05, 4.69) is 37.6 Å². The number of aryl methyl sites for hydroxylation is 1. The zero-order valence-electron chi connectivity index (χ0n) is 10.7. The number of hydrogen-bond acceptors (Lipinski definition) is 2. The van der Waals surface area contributed by atoms with Crippen molar-refractivity contribution in [1.82, 2.24) is 9.55 Å². The molecular formula is C15H13BrN2O. The Morgan fingerprint density at radius 3 is 2.74 bits per heavy atom. The molecule has 3 rings (SSSR count). The zero-order valence-corrected chi connectivity index (χ0v) is 12.3. The average molecular weight is 317 g/mol. The molecule has 19 heavy (non-hydrogen) atoms. The van der Waals surface area contributed by atoms with E-state index >= 15 is 0 Å². The van der Waals surface area contributed by atoms with Crippen LogP contribution in [0.1, 0.15) is 5.56 Å². The predicted molar refractivity (Wildman–Crippen MR) is 80.1 cm³/mol. The first-order valence-corrected chi connectivity index (χ1v) is 6.76. The Hall–Kier alpha value is -1.81. The Kier molecular flexibility index (Phi) is 3.03. The molecule has 2 aromatic carbocycles. The van der Waals surface area contributed by atoms with Crippen LogP contribution in [0.2, 0.25) is 0 Å². The SMILES string of the molecule is COc1ccc(-n2cnc3ccc(Br)cc32)cc1C. The molecule has 96 valence electrons. The van der Waals surface area contributed by atoms with E-state index in [-0.39, 0.29) is 0 Å². The molecule has 1 heterocycles. The molecule has 0 fully saturated rings. The highest BCUT2D eigenvalue weighted by Gasteiger charge is 2.07. The van der Waals surface area contributed by atoms with Crippen LogP contribution in [0.5, 0.6) is 5.75 Å². The lowest BCUT2D eigenvalue weighted by molar-refractivity contribution is 0.411. The molecule has 0 aliphatic rings. The highest BCUT2D eigenvalue weighted by molar-refractivity contribution is 9.10. The Morgan fingerprint density at radius 2 is 2.00 bits per heavy atom. The van der Waals surface area contributed by atoms with Crippen molar-refractivity contribution in [2.75, 3.05) is 7.11 Å². The number of imidazole rings is 1. The number of nitrogens with zero attached hydrogens (tertiary/aromatic N) is 2. The molecule has 3 nitrogen and oxygen atoms in total. The van der Waals surface area contributed by atoms with E-state index in [1.54, 1.807) is 7.11 Å². The maximum absolute atomic E-state index is 5.29. The van der Waals surface area contributed by atoms with E-state index in [9.17, 15) is 0 Å². The van der Waals surface area contributed by atoms with Gasteiger partial charge >= 0.3 is 0 Å². The molecule has 0 N–H and O–H groups in total. The second kappa shape index (κ2) is 4.70. The van der Waals surface area contributed by atoms with Gasteiger partial charge in [-0.2, -0.15) is 0 Å². The van der Waals surface area contributed by atoms with Gasteiger partial charge in [0.25, 0.3) is 0 Å². The lowest BCUT2D eigenvalue weighted by atomic mass is 10.2. The number of rotatable bonds is 2. The number of hydrogen-bond donors (Lipinski definition) is 0. The Labute approximate surface area is 120 Å². The summed E-state index contributed by atoms with van der Waals surface area (Å²) in [5.74, 6) is 0.898. The van der Waals surface area contributed by atoms with Gasteiger partial charge in [0.1, 0.15) is 12.1 Å². The van der Waals surface area contributed by atoms with Crippen molar-refractivity contribution in [2.45, 2.75) is 6.92 Å². The van der Waals surface area contributed by atoms with Crippen molar-refractivity contribution in [1.29, 1.82) is 0 Å². The fourth-order valence-corrected chi connectivity index (χ4v) is 2.55. The van der Waals surface area contributed by atoms with Crippen LogP contribution in [-0.4, -0.2) is 16.7 Å². The van der Waals surface area contributed by atoms with Crippen LogP contribution in [0.4, 0.5) is 0 Å². The molecule has 0 aliphatic heterocycles. The van der Waals surface area contributed by atoms with Gasteiger partial charge in [-0.25, -0.2) is 4.98 Å². The molecule has 0 spiro atoms. The normalized spacial score (nSPS) is 10.9. The van der Waals surface area contributed by atoms with Gasteiger partial charge in [-0.1, -0.05) is 15.9 Å². The first-order chi connectivity index (χ1) is 9.19. The molecular weight excluding hydrogens is 304 g/mol. The van der Waals surface area contributed by atoms with Crippen LogP contribution < -0.4 is 4.74 Å². The maximum Gasteiger partial charge on any atom is 0.121 e. The summed E-state index contributed by atoms with van der Waals surface area (Å²) in [5, 5.41) is 0. The minimum Gasteiger partial charge on any atom is -0.496 e. The minimum absolute atomic E-state index is 0.898. The van der Waals surface area contributed by atoms with Crippen molar-refractivity contribution < 1.29 is 4.74 Å². The summed E-state index contributed by atoms with van der Waals surface area (Å²) in [6, 6.07) is 12.2. The highest BCUT2D eigenvalue weighted by atomic mass is 79.9. The Morgan fingerprint density at radius 1 is 1.16 bits per heavy atom. The Bertz CT molecular complexity index is 749. The van der Waals surface area contributed by atoms with Crippen molar-refractivity contribution >= 4 is 27.0 Å². The number of ether oxygens (including phenoxy) is 1. The standard InChI is InChI=1S/C15H13BrN2O/c1-10-7-12(4-6-15(10)19-2)18-9-17-13-5-3-11(16)8-14(13)18/h3-9H,1-2H3. The van der Waals surface area contributed by atoms with E-state index in [1.165, 1.54) is 0 Å². The number of benzene rings is 2. The van der Waals surface area contributed by atoms with Gasteiger partial charge in [-0.05, 0) is 48.9 Å². The second-order valence-corrected chi connectivity index (χ2v) is 5.32. The minimum atomic E-state index is 0.898. The molecule has 1 aromatic heterocycles. The van der Waals surface area contributed by atoms with Gasteiger partial charge in [0.2, 0.25) is 0 Å². The fourth-order valence-electron chi connectivity index (χ4n) is 2.20. The lowest BCUT2D eigenvalue weighted by Crippen LogP contribution is -1.94. The lowest BCUT2D eigenvalue weighted by Gasteiger charge is -2.09. The third kappa shape index (κ3) is 2.12. The van der Waals surface area contributed by atoms with Crippen molar-refractivity contribution in [3.8, 4) is 11.4 Å². The van der Waals surface area contributed by atoms with Gasteiger partial charge < -0.3 is 4.74 Å². The van der Waals surface area contributed by atoms with E-state index < -0.39 is 0 Å². The third-order valence-electron chi connectivity index (χ3n) is 3.17. The van der Waals surface area contributed by atoms with Gasteiger partial charge in [0.05, 0.1) is 18.1 Å². The number of fused-ring (bicyclic) bond motifs is 1. The van der Waals surface area contributed by atoms with Gasteiger partial charge in [-0.15, -0.1) is 0 Å². The molecule has 3 aromatic rings.